The minimum absolute atomic E-state index is 0.0146. The summed E-state index contributed by atoms with van der Waals surface area (Å²) in [5.41, 5.74) is -6.38. The number of likely N-dealkylation sites (tertiary alicyclic amines) is 1. The maximum atomic E-state index is 15.0. The molecule has 1 saturated heterocycles. The molecule has 0 saturated carbocycles. The smallest absolute Gasteiger partial charge is 0.461 e. The zero-order chi connectivity index (χ0) is 39.5. The van der Waals surface area contributed by atoms with Crippen molar-refractivity contribution in [2.45, 2.75) is 49.7 Å². The first-order valence-electron chi connectivity index (χ1n) is 15.3. The van der Waals surface area contributed by atoms with Gasteiger partial charge in [-0.05, 0) is 65.9 Å². The molecule has 0 aromatic heterocycles. The van der Waals surface area contributed by atoms with Gasteiger partial charge in [0, 0.05) is 31.1 Å². The average Bonchev–Trinajstić information content (AvgIpc) is 3.06. The fourth-order valence-corrected chi connectivity index (χ4v) is 5.64. The first-order chi connectivity index (χ1) is 24.5. The van der Waals surface area contributed by atoms with Crippen molar-refractivity contribution in [1.82, 2.24) is 15.5 Å². The highest BCUT2D eigenvalue weighted by Gasteiger charge is 2.45. The molecule has 1 aliphatic rings. The molecule has 0 aliphatic carbocycles. The number of carbonyl (C=O) groups excluding carboxylic acids is 2. The van der Waals surface area contributed by atoms with Crippen molar-refractivity contribution < 1.29 is 76.9 Å². The number of carboxylic acids is 1. The lowest BCUT2D eigenvalue weighted by Gasteiger charge is -2.37. The number of carboxylic acid groups (broad SMARTS) is 1. The van der Waals surface area contributed by atoms with Crippen LogP contribution in [0.25, 0.3) is 0 Å². The number of benzene rings is 3. The second kappa shape index (κ2) is 15.4. The fourth-order valence-electron chi connectivity index (χ4n) is 5.64. The standard InChI is InChI=1S/C33H27F12N3O5/c34-22-11-21(12-23(14-22)53-33(44,45)28(36)37)30(47-29(52)46-16-31(38,39)40,20-5-6-25(35)24(13-20)32(41,42)43)15-17-1-3-18(4-2-17)26(49)48-9-7-19(8-10-48)27(50)51/h1-6,11-14,19,28H,7-10,15-16H2,(H,50,51)(H2,46,47,52)/t30-/m1/s1. The molecule has 20 heteroatoms. The second-order valence-electron chi connectivity index (χ2n) is 11.9. The highest BCUT2D eigenvalue weighted by molar-refractivity contribution is 5.94. The predicted octanol–water partition coefficient (Wildman–Crippen LogP) is 7.50. The molecule has 3 amide bonds. The highest BCUT2D eigenvalue weighted by atomic mass is 19.4. The number of ether oxygens (including phenoxy) is 1. The van der Waals surface area contributed by atoms with Crippen LogP contribution >= 0.6 is 0 Å². The van der Waals surface area contributed by atoms with Crippen molar-refractivity contribution >= 4 is 17.9 Å². The molecule has 4 rings (SSSR count). The van der Waals surface area contributed by atoms with Crippen LogP contribution in [0.3, 0.4) is 0 Å². The lowest BCUT2D eigenvalue weighted by atomic mass is 9.77. The minimum atomic E-state index is -5.43. The number of halogens is 12. The van der Waals surface area contributed by atoms with Crippen molar-refractivity contribution in [2.24, 2.45) is 5.92 Å². The molecular weight excluding hydrogens is 746 g/mol. The Morgan fingerprint density at radius 3 is 2.02 bits per heavy atom. The molecular formula is C33H27F12N3O5. The molecule has 1 aliphatic heterocycles. The number of nitrogens with one attached hydrogen (secondary N) is 2. The van der Waals surface area contributed by atoms with E-state index < -0.39 is 101 Å². The quantitative estimate of drug-likeness (QED) is 0.175. The van der Waals surface area contributed by atoms with Crippen LogP contribution in [0.1, 0.15) is 45.5 Å². The number of nitrogens with zero attached hydrogens (tertiary/aromatic N) is 1. The van der Waals surface area contributed by atoms with Crippen LogP contribution in [0.15, 0.2) is 60.7 Å². The maximum absolute atomic E-state index is 15.0. The molecule has 0 radical (unpaired) electrons. The molecule has 8 nitrogen and oxygen atoms in total. The van der Waals surface area contributed by atoms with Crippen molar-refractivity contribution in [3.63, 3.8) is 0 Å². The van der Waals surface area contributed by atoms with Gasteiger partial charge in [0.2, 0.25) is 0 Å². The topological polar surface area (TPSA) is 108 Å². The Morgan fingerprint density at radius 2 is 1.47 bits per heavy atom. The molecule has 3 aromatic rings. The summed E-state index contributed by atoms with van der Waals surface area (Å²) >= 11 is 0. The highest BCUT2D eigenvalue weighted by Crippen LogP contribution is 2.41. The molecule has 288 valence electrons. The molecule has 1 atom stereocenters. The number of amides is 3. The van der Waals surface area contributed by atoms with E-state index in [1.54, 1.807) is 0 Å². The Labute approximate surface area is 291 Å². The van der Waals surface area contributed by atoms with Crippen molar-refractivity contribution in [2.75, 3.05) is 19.6 Å². The Morgan fingerprint density at radius 1 is 0.849 bits per heavy atom. The number of rotatable bonds is 11. The fraction of sp³-hybridized carbons (Fsp3) is 0.364. The normalized spacial score (nSPS) is 15.5. The third-order valence-corrected chi connectivity index (χ3v) is 8.21. The number of hydrogen-bond acceptors (Lipinski definition) is 4. The first kappa shape index (κ1) is 40.6. The average molecular weight is 774 g/mol. The number of aliphatic carboxylic acids is 1. The van der Waals surface area contributed by atoms with Gasteiger partial charge in [0.25, 0.3) is 5.91 Å². The molecule has 53 heavy (non-hydrogen) atoms. The Kier molecular flexibility index (Phi) is 11.8. The molecule has 3 aromatic carbocycles. The molecule has 3 N–H and O–H groups in total. The van der Waals surface area contributed by atoms with Gasteiger partial charge in [-0.25, -0.2) is 13.6 Å². The van der Waals surface area contributed by atoms with E-state index in [9.17, 15) is 67.8 Å². The molecule has 0 spiro atoms. The Hall–Kier alpha value is -5.17. The van der Waals surface area contributed by atoms with Crippen LogP contribution in [-0.4, -0.2) is 66.3 Å². The third-order valence-electron chi connectivity index (χ3n) is 8.21. The van der Waals surface area contributed by atoms with Gasteiger partial charge in [-0.2, -0.15) is 43.9 Å². The van der Waals surface area contributed by atoms with Gasteiger partial charge in [0.05, 0.1) is 17.0 Å². The van der Waals surface area contributed by atoms with Crippen molar-refractivity contribution in [1.29, 1.82) is 0 Å². The van der Waals surface area contributed by atoms with Crippen molar-refractivity contribution in [3.8, 4) is 5.75 Å². The van der Waals surface area contributed by atoms with E-state index in [-0.39, 0.29) is 55.3 Å². The molecule has 0 unspecified atom stereocenters. The summed E-state index contributed by atoms with van der Waals surface area (Å²) in [6.45, 7) is -1.85. The van der Waals surface area contributed by atoms with Crippen LogP contribution in [-0.2, 0) is 22.9 Å². The van der Waals surface area contributed by atoms with Gasteiger partial charge in [-0.1, -0.05) is 18.2 Å². The largest absolute Gasteiger partial charge is 0.481 e. The van der Waals surface area contributed by atoms with Gasteiger partial charge in [-0.3, -0.25) is 9.59 Å². The predicted molar refractivity (Wildman–Crippen MR) is 159 cm³/mol. The zero-order valence-electron chi connectivity index (χ0n) is 26.7. The molecule has 1 heterocycles. The summed E-state index contributed by atoms with van der Waals surface area (Å²) in [5, 5.41) is 12.6. The molecule has 1 fully saturated rings. The maximum Gasteiger partial charge on any atom is 0.461 e. The summed E-state index contributed by atoms with van der Waals surface area (Å²) in [6.07, 6.45) is -20.8. The van der Waals surface area contributed by atoms with E-state index in [0.29, 0.717) is 18.2 Å². The Bertz CT molecular complexity index is 1810. The van der Waals surface area contributed by atoms with Gasteiger partial charge < -0.3 is 25.4 Å². The van der Waals surface area contributed by atoms with E-state index in [2.05, 4.69) is 4.74 Å². The van der Waals surface area contributed by atoms with E-state index in [1.165, 1.54) is 34.5 Å². The number of hydrogen-bond donors (Lipinski definition) is 3. The van der Waals surface area contributed by atoms with Gasteiger partial charge in [0.1, 0.15) is 23.9 Å². The number of piperidine rings is 1. The number of alkyl halides is 10. The van der Waals surface area contributed by atoms with E-state index in [1.807, 2.05) is 5.32 Å². The van der Waals surface area contributed by atoms with Crippen LogP contribution in [0, 0.1) is 17.6 Å². The summed E-state index contributed by atoms with van der Waals surface area (Å²) in [4.78, 5) is 38.8. The van der Waals surface area contributed by atoms with Crippen LogP contribution in [0.4, 0.5) is 57.5 Å². The Balaban J connectivity index is 1.88. The lowest BCUT2D eigenvalue weighted by molar-refractivity contribution is -0.253. The third kappa shape index (κ3) is 10.0. The number of carbonyl (C=O) groups is 3. The summed E-state index contributed by atoms with van der Waals surface area (Å²) in [6, 6.07) is 5.04. The summed E-state index contributed by atoms with van der Waals surface area (Å²) in [7, 11) is 0. The van der Waals surface area contributed by atoms with E-state index >= 15 is 4.39 Å². The zero-order valence-corrected chi connectivity index (χ0v) is 26.7. The van der Waals surface area contributed by atoms with Gasteiger partial charge >= 0.3 is 36.9 Å². The summed E-state index contributed by atoms with van der Waals surface area (Å²) in [5.74, 6) is -7.01. The lowest BCUT2D eigenvalue weighted by Crippen LogP contribution is -2.53. The van der Waals surface area contributed by atoms with E-state index in [4.69, 9.17) is 0 Å². The van der Waals surface area contributed by atoms with E-state index in [0.717, 1.165) is 0 Å². The van der Waals surface area contributed by atoms with Gasteiger partial charge in [0.15, 0.2) is 0 Å². The first-order valence-corrected chi connectivity index (χ1v) is 15.3. The molecule has 0 bridgehead atoms. The van der Waals surface area contributed by atoms with Crippen LogP contribution in [0.5, 0.6) is 5.75 Å². The monoisotopic (exact) mass is 773 g/mol. The number of urea groups is 1. The van der Waals surface area contributed by atoms with Gasteiger partial charge in [-0.15, -0.1) is 0 Å². The van der Waals surface area contributed by atoms with Crippen LogP contribution in [0.2, 0.25) is 0 Å². The summed E-state index contributed by atoms with van der Waals surface area (Å²) < 4.78 is 168. The SMILES string of the molecule is O=C(NCC(F)(F)F)N[C@@](Cc1ccc(C(=O)N2CCC(C(=O)O)CC2)cc1)(c1cc(F)cc(OC(F)(F)C(F)F)c1)c1ccc(F)c(C(F)(F)F)c1. The van der Waals surface area contributed by atoms with Crippen molar-refractivity contribution in [3.05, 3.63) is 100 Å². The second-order valence-corrected chi connectivity index (χ2v) is 11.9. The minimum Gasteiger partial charge on any atom is -0.481 e. The van der Waals surface area contributed by atoms with Crippen LogP contribution < -0.4 is 15.4 Å².